The number of ether oxygens (including phenoxy) is 1. The van der Waals surface area contributed by atoms with Gasteiger partial charge in [-0.25, -0.2) is 0 Å². The summed E-state index contributed by atoms with van der Waals surface area (Å²) in [6.45, 7) is 3.06. The highest BCUT2D eigenvalue weighted by molar-refractivity contribution is 5.25. The molecule has 1 saturated heterocycles. The number of aliphatic hydroxyl groups excluding tert-OH is 1. The van der Waals surface area contributed by atoms with Crippen LogP contribution < -0.4 is 0 Å². The molecule has 16 heavy (non-hydrogen) atoms. The van der Waals surface area contributed by atoms with Crippen molar-refractivity contribution in [3.05, 3.63) is 29.8 Å². The number of rotatable bonds is 3. The molecule has 0 aliphatic carbocycles. The van der Waals surface area contributed by atoms with Crippen molar-refractivity contribution >= 4 is 0 Å². The van der Waals surface area contributed by atoms with Gasteiger partial charge < -0.3 is 14.9 Å². The van der Waals surface area contributed by atoms with Crippen LogP contribution in [-0.2, 0) is 11.3 Å². The van der Waals surface area contributed by atoms with Crippen molar-refractivity contribution in [2.24, 2.45) is 0 Å². The van der Waals surface area contributed by atoms with Crippen molar-refractivity contribution in [1.29, 1.82) is 0 Å². The number of phenols is 1. The largest absolute Gasteiger partial charge is 0.508 e. The maximum absolute atomic E-state index is 9.22. The van der Waals surface area contributed by atoms with Gasteiger partial charge in [-0.3, -0.25) is 4.90 Å². The summed E-state index contributed by atoms with van der Waals surface area (Å²) in [7, 11) is 0. The van der Waals surface area contributed by atoms with Gasteiger partial charge in [-0.2, -0.15) is 0 Å². The average molecular weight is 223 g/mol. The lowest BCUT2D eigenvalue weighted by Crippen LogP contribution is -2.46. The van der Waals surface area contributed by atoms with E-state index in [1.807, 2.05) is 12.1 Å². The van der Waals surface area contributed by atoms with Crippen LogP contribution in [0.3, 0.4) is 0 Å². The van der Waals surface area contributed by atoms with Crippen LogP contribution in [0.25, 0.3) is 0 Å². The first-order valence-electron chi connectivity index (χ1n) is 5.50. The van der Waals surface area contributed by atoms with Crippen LogP contribution in [0, 0.1) is 0 Å². The molecule has 0 bridgehead atoms. The maximum atomic E-state index is 9.22. The summed E-state index contributed by atoms with van der Waals surface area (Å²) in [6, 6.07) is 7.26. The Balaban J connectivity index is 1.99. The summed E-state index contributed by atoms with van der Waals surface area (Å²) < 4.78 is 5.32. The van der Waals surface area contributed by atoms with Gasteiger partial charge in [-0.1, -0.05) is 12.1 Å². The molecule has 2 N–H and O–H groups in total. The van der Waals surface area contributed by atoms with Gasteiger partial charge in [0.05, 0.1) is 25.9 Å². The molecule has 1 aromatic carbocycles. The van der Waals surface area contributed by atoms with Gasteiger partial charge in [0.25, 0.3) is 0 Å². The van der Waals surface area contributed by atoms with Crippen molar-refractivity contribution in [3.63, 3.8) is 0 Å². The summed E-state index contributed by atoms with van der Waals surface area (Å²) in [5.41, 5.74) is 1.14. The molecule has 1 fully saturated rings. The maximum Gasteiger partial charge on any atom is 0.115 e. The van der Waals surface area contributed by atoms with E-state index < -0.39 is 0 Å². The lowest BCUT2D eigenvalue weighted by molar-refractivity contribution is -0.0312. The van der Waals surface area contributed by atoms with E-state index in [9.17, 15) is 10.2 Å². The molecule has 1 atom stereocenters. The third-order valence-electron chi connectivity index (χ3n) is 2.88. The fraction of sp³-hybridized carbons (Fsp3) is 0.500. The highest BCUT2D eigenvalue weighted by Gasteiger charge is 2.21. The van der Waals surface area contributed by atoms with E-state index >= 15 is 0 Å². The summed E-state index contributed by atoms with van der Waals surface area (Å²) in [6.07, 6.45) is 0. The Kier molecular flexibility index (Phi) is 3.77. The van der Waals surface area contributed by atoms with Crippen LogP contribution in [-0.4, -0.2) is 47.5 Å². The second kappa shape index (κ2) is 5.30. The Morgan fingerprint density at radius 3 is 2.75 bits per heavy atom. The van der Waals surface area contributed by atoms with Gasteiger partial charge in [-0.05, 0) is 17.7 Å². The van der Waals surface area contributed by atoms with Gasteiger partial charge in [0.2, 0.25) is 0 Å². The molecule has 0 radical (unpaired) electrons. The lowest BCUT2D eigenvalue weighted by atomic mass is 10.1. The van der Waals surface area contributed by atoms with Crippen molar-refractivity contribution in [2.45, 2.75) is 12.6 Å². The first-order chi connectivity index (χ1) is 7.79. The van der Waals surface area contributed by atoms with Crippen LogP contribution >= 0.6 is 0 Å². The summed E-state index contributed by atoms with van der Waals surface area (Å²) in [5, 5.41) is 18.4. The first-order valence-corrected chi connectivity index (χ1v) is 5.50. The van der Waals surface area contributed by atoms with E-state index in [0.29, 0.717) is 13.2 Å². The SMILES string of the molecule is OCC1COCCN1Cc1ccc(O)cc1. The van der Waals surface area contributed by atoms with E-state index in [2.05, 4.69) is 4.90 Å². The minimum Gasteiger partial charge on any atom is -0.508 e. The van der Waals surface area contributed by atoms with Crippen molar-refractivity contribution in [3.8, 4) is 5.75 Å². The fourth-order valence-electron chi connectivity index (χ4n) is 1.90. The lowest BCUT2D eigenvalue weighted by Gasteiger charge is -2.34. The highest BCUT2D eigenvalue weighted by atomic mass is 16.5. The Bertz CT molecular complexity index is 326. The molecular weight excluding hydrogens is 206 g/mol. The quantitative estimate of drug-likeness (QED) is 0.787. The molecule has 4 nitrogen and oxygen atoms in total. The minimum atomic E-state index is 0.0857. The van der Waals surface area contributed by atoms with E-state index in [-0.39, 0.29) is 18.4 Å². The Morgan fingerprint density at radius 2 is 2.06 bits per heavy atom. The normalized spacial score (nSPS) is 22.2. The van der Waals surface area contributed by atoms with Crippen LogP contribution in [0.5, 0.6) is 5.75 Å². The predicted molar refractivity (Wildman–Crippen MR) is 60.2 cm³/mol. The topological polar surface area (TPSA) is 52.9 Å². The summed E-state index contributed by atoms with van der Waals surface area (Å²) in [5.74, 6) is 0.282. The number of benzene rings is 1. The number of morpholine rings is 1. The molecule has 0 spiro atoms. The zero-order valence-electron chi connectivity index (χ0n) is 9.17. The number of aliphatic hydroxyl groups is 1. The predicted octanol–water partition coefficient (Wildman–Crippen LogP) is 0.585. The van der Waals surface area contributed by atoms with E-state index in [4.69, 9.17) is 4.74 Å². The van der Waals surface area contributed by atoms with Crippen LogP contribution in [0.2, 0.25) is 0 Å². The zero-order chi connectivity index (χ0) is 11.4. The molecule has 88 valence electrons. The fourth-order valence-corrected chi connectivity index (χ4v) is 1.90. The number of aromatic hydroxyl groups is 1. The van der Waals surface area contributed by atoms with Gasteiger partial charge >= 0.3 is 0 Å². The van der Waals surface area contributed by atoms with Gasteiger partial charge in [0, 0.05) is 13.1 Å². The van der Waals surface area contributed by atoms with Crippen molar-refractivity contribution < 1.29 is 14.9 Å². The molecule has 0 amide bonds. The molecule has 1 aromatic rings. The average Bonchev–Trinajstić information content (AvgIpc) is 2.33. The second-order valence-electron chi connectivity index (χ2n) is 4.05. The van der Waals surface area contributed by atoms with E-state index in [1.54, 1.807) is 12.1 Å². The number of phenolic OH excluding ortho intramolecular Hbond substituents is 1. The molecule has 1 unspecified atom stereocenters. The van der Waals surface area contributed by atoms with Crippen LogP contribution in [0.1, 0.15) is 5.56 Å². The number of hydrogen-bond donors (Lipinski definition) is 2. The second-order valence-corrected chi connectivity index (χ2v) is 4.05. The number of hydrogen-bond acceptors (Lipinski definition) is 4. The third kappa shape index (κ3) is 2.72. The highest BCUT2D eigenvalue weighted by Crippen LogP contribution is 2.15. The van der Waals surface area contributed by atoms with Crippen LogP contribution in [0.4, 0.5) is 0 Å². The van der Waals surface area contributed by atoms with Crippen molar-refractivity contribution in [2.75, 3.05) is 26.4 Å². The standard InChI is InChI=1S/C12H17NO3/c14-8-11-9-16-6-5-13(11)7-10-1-3-12(15)4-2-10/h1-4,11,14-15H,5-9H2. The van der Waals surface area contributed by atoms with Crippen LogP contribution in [0.15, 0.2) is 24.3 Å². The van der Waals surface area contributed by atoms with Gasteiger partial charge in [0.1, 0.15) is 5.75 Å². The molecule has 1 aliphatic rings. The van der Waals surface area contributed by atoms with Gasteiger partial charge in [-0.15, -0.1) is 0 Å². The van der Waals surface area contributed by atoms with Gasteiger partial charge in [0.15, 0.2) is 0 Å². The Hall–Kier alpha value is -1.10. The molecule has 0 aromatic heterocycles. The molecule has 4 heteroatoms. The summed E-state index contributed by atoms with van der Waals surface area (Å²) in [4.78, 5) is 2.20. The molecular formula is C12H17NO3. The Morgan fingerprint density at radius 1 is 1.31 bits per heavy atom. The monoisotopic (exact) mass is 223 g/mol. The smallest absolute Gasteiger partial charge is 0.115 e. The third-order valence-corrected chi connectivity index (χ3v) is 2.88. The van der Waals surface area contributed by atoms with Crippen molar-refractivity contribution in [1.82, 2.24) is 4.90 Å². The van der Waals surface area contributed by atoms with E-state index in [1.165, 1.54) is 0 Å². The van der Waals surface area contributed by atoms with E-state index in [0.717, 1.165) is 18.7 Å². The molecule has 1 aliphatic heterocycles. The Labute approximate surface area is 95.1 Å². The summed E-state index contributed by atoms with van der Waals surface area (Å²) >= 11 is 0. The first kappa shape index (κ1) is 11.4. The minimum absolute atomic E-state index is 0.0857. The molecule has 2 rings (SSSR count). The molecule has 0 saturated carbocycles. The number of nitrogens with zero attached hydrogens (tertiary/aromatic N) is 1. The zero-order valence-corrected chi connectivity index (χ0v) is 9.17. The molecule has 1 heterocycles.